The van der Waals surface area contributed by atoms with Crippen LogP contribution in [-0.4, -0.2) is 6.04 Å². The van der Waals surface area contributed by atoms with Gasteiger partial charge in [0, 0.05) is 11.6 Å². The minimum atomic E-state index is -0.191. The second kappa shape index (κ2) is 4.54. The van der Waals surface area contributed by atoms with Crippen LogP contribution >= 0.6 is 15.9 Å². The van der Waals surface area contributed by atoms with Gasteiger partial charge in [0.25, 0.3) is 0 Å². The van der Waals surface area contributed by atoms with Gasteiger partial charge in [-0.1, -0.05) is 32.1 Å². The summed E-state index contributed by atoms with van der Waals surface area (Å²) in [5.41, 5.74) is 7.84. The van der Waals surface area contributed by atoms with Crippen LogP contribution in [0.15, 0.2) is 28.7 Å². The number of rotatable bonds is 1. The molecule has 0 spiro atoms. The van der Waals surface area contributed by atoms with Gasteiger partial charge in [-0.2, -0.15) is 0 Å². The van der Waals surface area contributed by atoms with Crippen LogP contribution in [-0.2, 0) is 0 Å². The predicted molar refractivity (Wildman–Crippen MR) is 73.1 cm³/mol. The molecule has 1 nitrogen and oxygen atoms in total. The van der Waals surface area contributed by atoms with E-state index in [1.165, 1.54) is 0 Å². The van der Waals surface area contributed by atoms with E-state index in [0.717, 1.165) is 18.4 Å². The molecule has 0 fully saturated rings. The van der Waals surface area contributed by atoms with Crippen LogP contribution < -0.4 is 5.73 Å². The van der Waals surface area contributed by atoms with Gasteiger partial charge >= 0.3 is 0 Å². The largest absolute Gasteiger partial charge is 0.324 e. The molecular formula is C14H17BrFN. The van der Waals surface area contributed by atoms with E-state index in [4.69, 9.17) is 5.73 Å². The molecule has 1 aliphatic rings. The highest BCUT2D eigenvalue weighted by Crippen LogP contribution is 2.40. The van der Waals surface area contributed by atoms with Gasteiger partial charge in [-0.15, -0.1) is 0 Å². The molecular weight excluding hydrogens is 281 g/mol. The minimum Gasteiger partial charge on any atom is -0.324 e. The monoisotopic (exact) mass is 297 g/mol. The molecule has 2 rings (SSSR count). The molecule has 0 aliphatic heterocycles. The standard InChI is InChI=1S/C14H17BrFN/c1-14(2)7-9(6-10(17)8-14)11-4-3-5-12(15)13(11)16/h3-6,10H,7-8,17H2,1-2H3. The summed E-state index contributed by atoms with van der Waals surface area (Å²) < 4.78 is 14.5. The van der Waals surface area contributed by atoms with Gasteiger partial charge in [0.05, 0.1) is 4.47 Å². The van der Waals surface area contributed by atoms with E-state index in [0.29, 0.717) is 10.0 Å². The van der Waals surface area contributed by atoms with E-state index in [1.807, 2.05) is 18.2 Å². The summed E-state index contributed by atoms with van der Waals surface area (Å²) in [6.07, 6.45) is 3.82. The Morgan fingerprint density at radius 3 is 2.76 bits per heavy atom. The molecule has 1 atom stereocenters. The SMILES string of the molecule is CC1(C)CC(c2cccc(Br)c2F)=CC(N)C1. The highest BCUT2D eigenvalue weighted by Gasteiger charge is 2.28. The summed E-state index contributed by atoms with van der Waals surface area (Å²) in [6, 6.07) is 5.41. The Kier molecular flexibility index (Phi) is 3.41. The van der Waals surface area contributed by atoms with Gasteiger partial charge in [-0.25, -0.2) is 4.39 Å². The lowest BCUT2D eigenvalue weighted by molar-refractivity contribution is 0.318. The van der Waals surface area contributed by atoms with Gasteiger partial charge in [0.2, 0.25) is 0 Å². The Morgan fingerprint density at radius 1 is 1.41 bits per heavy atom. The zero-order valence-corrected chi connectivity index (χ0v) is 11.7. The van der Waals surface area contributed by atoms with Crippen LogP contribution in [0.5, 0.6) is 0 Å². The molecule has 3 heteroatoms. The Balaban J connectivity index is 2.43. The van der Waals surface area contributed by atoms with Crippen LogP contribution in [0.3, 0.4) is 0 Å². The van der Waals surface area contributed by atoms with Crippen molar-refractivity contribution in [3.05, 3.63) is 40.1 Å². The van der Waals surface area contributed by atoms with Crippen molar-refractivity contribution in [3.8, 4) is 0 Å². The zero-order chi connectivity index (χ0) is 12.6. The van der Waals surface area contributed by atoms with E-state index in [1.54, 1.807) is 6.07 Å². The zero-order valence-electron chi connectivity index (χ0n) is 10.1. The molecule has 1 aliphatic carbocycles. The van der Waals surface area contributed by atoms with Gasteiger partial charge in [0.1, 0.15) is 5.82 Å². The van der Waals surface area contributed by atoms with E-state index in [2.05, 4.69) is 29.8 Å². The van der Waals surface area contributed by atoms with Crippen molar-refractivity contribution in [2.45, 2.75) is 32.7 Å². The third-order valence-electron chi connectivity index (χ3n) is 3.17. The average Bonchev–Trinajstić information content (AvgIpc) is 2.19. The maximum Gasteiger partial charge on any atom is 0.144 e. The molecule has 0 aromatic heterocycles. The van der Waals surface area contributed by atoms with Crippen LogP contribution in [0.25, 0.3) is 5.57 Å². The van der Waals surface area contributed by atoms with Crippen molar-refractivity contribution in [1.82, 2.24) is 0 Å². The number of allylic oxidation sites excluding steroid dienone is 1. The van der Waals surface area contributed by atoms with Crippen molar-refractivity contribution in [3.63, 3.8) is 0 Å². The molecule has 0 radical (unpaired) electrons. The summed E-state index contributed by atoms with van der Waals surface area (Å²) in [5.74, 6) is -0.191. The van der Waals surface area contributed by atoms with E-state index in [9.17, 15) is 4.39 Å². The molecule has 0 saturated carbocycles. The second-order valence-corrected chi connectivity index (χ2v) is 6.36. The van der Waals surface area contributed by atoms with Gasteiger partial charge in [-0.3, -0.25) is 0 Å². The lowest BCUT2D eigenvalue weighted by atomic mass is 9.74. The highest BCUT2D eigenvalue weighted by molar-refractivity contribution is 9.10. The average molecular weight is 298 g/mol. The normalized spacial score (nSPS) is 23.4. The molecule has 2 N–H and O–H groups in total. The van der Waals surface area contributed by atoms with Gasteiger partial charge in [-0.05, 0) is 45.8 Å². The molecule has 1 unspecified atom stereocenters. The molecule has 0 heterocycles. The van der Waals surface area contributed by atoms with Gasteiger partial charge in [0.15, 0.2) is 0 Å². The Bertz CT molecular complexity index is 465. The third-order valence-corrected chi connectivity index (χ3v) is 3.78. The minimum absolute atomic E-state index is 0.0205. The lowest BCUT2D eigenvalue weighted by Crippen LogP contribution is -2.30. The van der Waals surface area contributed by atoms with Crippen molar-refractivity contribution >= 4 is 21.5 Å². The third kappa shape index (κ3) is 2.78. The first-order chi connectivity index (χ1) is 7.89. The molecule has 17 heavy (non-hydrogen) atoms. The summed E-state index contributed by atoms with van der Waals surface area (Å²) in [7, 11) is 0. The summed E-state index contributed by atoms with van der Waals surface area (Å²) in [6.45, 7) is 4.35. The maximum absolute atomic E-state index is 14.0. The van der Waals surface area contributed by atoms with E-state index < -0.39 is 0 Å². The van der Waals surface area contributed by atoms with Crippen molar-refractivity contribution < 1.29 is 4.39 Å². The van der Waals surface area contributed by atoms with Crippen molar-refractivity contribution in [1.29, 1.82) is 0 Å². The summed E-state index contributed by atoms with van der Waals surface area (Å²) in [4.78, 5) is 0. The quantitative estimate of drug-likeness (QED) is 0.829. The Labute approximate surface area is 110 Å². The predicted octanol–water partition coefficient (Wildman–Crippen LogP) is 4.12. The van der Waals surface area contributed by atoms with Crippen LogP contribution in [0.1, 0.15) is 32.3 Å². The smallest absolute Gasteiger partial charge is 0.144 e. The lowest BCUT2D eigenvalue weighted by Gasteiger charge is -2.33. The first-order valence-electron chi connectivity index (χ1n) is 5.80. The van der Waals surface area contributed by atoms with Crippen molar-refractivity contribution in [2.24, 2.45) is 11.1 Å². The highest BCUT2D eigenvalue weighted by atomic mass is 79.9. The van der Waals surface area contributed by atoms with Crippen LogP contribution in [0.2, 0.25) is 0 Å². The Hall–Kier alpha value is -0.670. The first kappa shape index (κ1) is 12.8. The first-order valence-corrected chi connectivity index (χ1v) is 6.59. The number of benzene rings is 1. The molecule has 0 saturated heterocycles. The van der Waals surface area contributed by atoms with E-state index >= 15 is 0 Å². The fraction of sp³-hybridized carbons (Fsp3) is 0.429. The van der Waals surface area contributed by atoms with Crippen molar-refractivity contribution in [2.75, 3.05) is 0 Å². The van der Waals surface area contributed by atoms with Crippen LogP contribution in [0, 0.1) is 11.2 Å². The maximum atomic E-state index is 14.0. The number of halogens is 2. The fourth-order valence-corrected chi connectivity index (χ4v) is 2.91. The molecule has 1 aromatic rings. The molecule has 92 valence electrons. The Morgan fingerprint density at radius 2 is 2.12 bits per heavy atom. The number of nitrogens with two attached hydrogens (primary N) is 1. The number of hydrogen-bond acceptors (Lipinski definition) is 1. The number of hydrogen-bond donors (Lipinski definition) is 1. The molecule has 1 aromatic carbocycles. The summed E-state index contributed by atoms with van der Waals surface area (Å²) in [5, 5.41) is 0. The topological polar surface area (TPSA) is 26.0 Å². The fourth-order valence-electron chi connectivity index (χ4n) is 2.54. The second-order valence-electron chi connectivity index (χ2n) is 5.50. The van der Waals surface area contributed by atoms with Gasteiger partial charge < -0.3 is 5.73 Å². The van der Waals surface area contributed by atoms with E-state index in [-0.39, 0.29) is 17.3 Å². The molecule has 0 bridgehead atoms. The van der Waals surface area contributed by atoms with Crippen LogP contribution in [0.4, 0.5) is 4.39 Å². The molecule has 0 amide bonds. The summed E-state index contributed by atoms with van der Waals surface area (Å²) >= 11 is 3.22.